The van der Waals surface area contributed by atoms with Gasteiger partial charge in [-0.3, -0.25) is 0 Å². The molecule has 142 valence electrons. The fraction of sp³-hybridized carbons (Fsp3) is 0.409. The number of aliphatic imine (C=N–C) groups is 1. The van der Waals surface area contributed by atoms with Crippen LogP contribution in [-0.4, -0.2) is 27.9 Å². The molecule has 0 radical (unpaired) electrons. The first kappa shape index (κ1) is 19.1. The molecule has 1 heterocycles. The van der Waals surface area contributed by atoms with E-state index in [1.165, 1.54) is 32.1 Å². The van der Waals surface area contributed by atoms with Crippen LogP contribution in [-0.2, 0) is 0 Å². The highest BCUT2D eigenvalue weighted by molar-refractivity contribution is 5.93. The number of benzene rings is 2. The van der Waals surface area contributed by atoms with Crippen LogP contribution in [0.25, 0.3) is 11.0 Å². The summed E-state index contributed by atoms with van der Waals surface area (Å²) in [6, 6.07) is 15.8. The molecule has 0 bridgehead atoms. The fourth-order valence-corrected chi connectivity index (χ4v) is 3.14. The predicted molar refractivity (Wildman–Crippen MR) is 111 cm³/mol. The minimum atomic E-state index is 0.831. The lowest BCUT2D eigenvalue weighted by atomic mass is 10.1. The third kappa shape index (κ3) is 5.16. The Balaban J connectivity index is 1.80. The first-order valence-electron chi connectivity index (χ1n) is 9.84. The van der Waals surface area contributed by atoms with Gasteiger partial charge in [-0.2, -0.15) is 4.68 Å². The van der Waals surface area contributed by atoms with E-state index in [2.05, 4.69) is 17.2 Å². The number of para-hydroxylation sites is 1. The molecule has 5 heteroatoms. The average Bonchev–Trinajstić information content (AvgIpc) is 3.14. The number of fused-ring (bicyclic) bond motifs is 1. The maximum Gasteiger partial charge on any atom is 0.132 e. The van der Waals surface area contributed by atoms with E-state index < -0.39 is 0 Å². The summed E-state index contributed by atoms with van der Waals surface area (Å²) < 4.78 is 7.12. The van der Waals surface area contributed by atoms with Gasteiger partial charge in [-0.15, -0.1) is 5.10 Å². The second-order valence-electron chi connectivity index (χ2n) is 6.73. The molecule has 0 saturated heterocycles. The largest absolute Gasteiger partial charge is 0.497 e. The van der Waals surface area contributed by atoms with Crippen molar-refractivity contribution < 1.29 is 4.74 Å². The van der Waals surface area contributed by atoms with E-state index in [0.29, 0.717) is 0 Å². The molecule has 0 fully saturated rings. The molecular formula is C22H28N4O. The second-order valence-corrected chi connectivity index (χ2v) is 6.73. The highest BCUT2D eigenvalue weighted by atomic mass is 16.5. The topological polar surface area (TPSA) is 52.3 Å². The number of aromatic nitrogens is 3. The average molecular weight is 364 g/mol. The van der Waals surface area contributed by atoms with E-state index in [4.69, 9.17) is 9.73 Å². The van der Waals surface area contributed by atoms with E-state index in [0.717, 1.165) is 41.1 Å². The highest BCUT2D eigenvalue weighted by Crippen LogP contribution is 2.20. The van der Waals surface area contributed by atoms with Gasteiger partial charge in [-0.25, -0.2) is 4.99 Å². The smallest absolute Gasteiger partial charge is 0.132 e. The Morgan fingerprint density at radius 3 is 2.48 bits per heavy atom. The summed E-state index contributed by atoms with van der Waals surface area (Å²) in [4.78, 5) is 4.88. The molecule has 27 heavy (non-hydrogen) atoms. The molecule has 0 aliphatic heterocycles. The third-order valence-electron chi connectivity index (χ3n) is 4.68. The number of nitrogens with zero attached hydrogens (tertiary/aromatic N) is 4. The Hall–Kier alpha value is -2.69. The van der Waals surface area contributed by atoms with Crippen LogP contribution in [0, 0.1) is 0 Å². The summed E-state index contributed by atoms with van der Waals surface area (Å²) >= 11 is 0. The van der Waals surface area contributed by atoms with Gasteiger partial charge < -0.3 is 4.74 Å². The fourth-order valence-electron chi connectivity index (χ4n) is 3.14. The summed E-state index contributed by atoms with van der Waals surface area (Å²) in [6.07, 6.45) is 8.39. The molecule has 0 atom stereocenters. The molecule has 0 unspecified atom stereocenters. The Labute approximate surface area is 161 Å². The Kier molecular flexibility index (Phi) is 6.97. The van der Waals surface area contributed by atoms with Crippen molar-refractivity contribution in [1.29, 1.82) is 0 Å². The zero-order valence-electron chi connectivity index (χ0n) is 16.3. The van der Waals surface area contributed by atoms with Crippen LogP contribution in [0.3, 0.4) is 0 Å². The van der Waals surface area contributed by atoms with Gasteiger partial charge in [0.1, 0.15) is 17.1 Å². The van der Waals surface area contributed by atoms with Gasteiger partial charge in [0.2, 0.25) is 0 Å². The summed E-state index contributed by atoms with van der Waals surface area (Å²) in [5.41, 5.74) is 2.79. The van der Waals surface area contributed by atoms with Crippen molar-refractivity contribution in [3.05, 3.63) is 48.5 Å². The molecule has 0 aliphatic rings. The van der Waals surface area contributed by atoms with Gasteiger partial charge in [0.25, 0.3) is 0 Å². The number of methoxy groups -OCH3 is 1. The third-order valence-corrected chi connectivity index (χ3v) is 4.68. The van der Waals surface area contributed by atoms with E-state index in [1.807, 2.05) is 53.2 Å². The second kappa shape index (κ2) is 9.86. The molecule has 5 nitrogen and oxygen atoms in total. The minimum Gasteiger partial charge on any atom is -0.497 e. The van der Waals surface area contributed by atoms with Crippen LogP contribution < -0.4 is 4.74 Å². The Morgan fingerprint density at radius 1 is 0.963 bits per heavy atom. The molecule has 0 N–H and O–H groups in total. The first-order valence-corrected chi connectivity index (χ1v) is 9.84. The number of hydrogen-bond donors (Lipinski definition) is 0. The lowest BCUT2D eigenvalue weighted by Gasteiger charge is -2.08. The van der Waals surface area contributed by atoms with Gasteiger partial charge in [0.15, 0.2) is 0 Å². The van der Waals surface area contributed by atoms with Crippen molar-refractivity contribution in [3.8, 4) is 5.75 Å². The summed E-state index contributed by atoms with van der Waals surface area (Å²) in [6.45, 7) is 2.25. The SMILES string of the molecule is CCCCCCCCC(=Nc1ccc(OC)cc1)n1nnc2ccccc21. The summed E-state index contributed by atoms with van der Waals surface area (Å²) in [5.74, 6) is 1.77. The lowest BCUT2D eigenvalue weighted by molar-refractivity contribution is 0.415. The van der Waals surface area contributed by atoms with Crippen LogP contribution >= 0.6 is 0 Å². The van der Waals surface area contributed by atoms with Crippen LogP contribution in [0.5, 0.6) is 5.75 Å². The van der Waals surface area contributed by atoms with Crippen LogP contribution in [0.15, 0.2) is 53.5 Å². The highest BCUT2D eigenvalue weighted by Gasteiger charge is 2.10. The Bertz CT molecular complexity index is 867. The normalized spacial score (nSPS) is 11.9. The zero-order valence-corrected chi connectivity index (χ0v) is 16.3. The molecule has 2 aromatic carbocycles. The van der Waals surface area contributed by atoms with E-state index in [9.17, 15) is 0 Å². The molecule has 0 saturated carbocycles. The van der Waals surface area contributed by atoms with Crippen molar-refractivity contribution in [1.82, 2.24) is 15.0 Å². The van der Waals surface area contributed by atoms with E-state index in [-0.39, 0.29) is 0 Å². The van der Waals surface area contributed by atoms with Crippen molar-refractivity contribution in [3.63, 3.8) is 0 Å². The molecule has 0 aliphatic carbocycles. The molecule has 3 rings (SSSR count). The maximum atomic E-state index is 5.24. The zero-order chi connectivity index (χ0) is 18.9. The van der Waals surface area contributed by atoms with Gasteiger partial charge in [0.05, 0.1) is 18.3 Å². The summed E-state index contributed by atoms with van der Waals surface area (Å²) in [5, 5.41) is 8.65. The van der Waals surface area contributed by atoms with Crippen molar-refractivity contribution in [2.24, 2.45) is 4.99 Å². The van der Waals surface area contributed by atoms with Crippen molar-refractivity contribution >= 4 is 22.6 Å². The molecule has 0 spiro atoms. The van der Waals surface area contributed by atoms with Crippen LogP contribution in [0.2, 0.25) is 0 Å². The number of ether oxygens (including phenoxy) is 1. The molecule has 0 amide bonds. The lowest BCUT2D eigenvalue weighted by Crippen LogP contribution is -2.13. The van der Waals surface area contributed by atoms with Gasteiger partial charge in [0, 0.05) is 6.42 Å². The minimum absolute atomic E-state index is 0.831. The predicted octanol–water partition coefficient (Wildman–Crippen LogP) is 5.77. The van der Waals surface area contributed by atoms with Crippen LogP contribution in [0.1, 0.15) is 51.9 Å². The van der Waals surface area contributed by atoms with Crippen molar-refractivity contribution in [2.75, 3.05) is 7.11 Å². The Morgan fingerprint density at radius 2 is 1.70 bits per heavy atom. The molecular weight excluding hydrogens is 336 g/mol. The van der Waals surface area contributed by atoms with Crippen molar-refractivity contribution in [2.45, 2.75) is 51.9 Å². The van der Waals surface area contributed by atoms with E-state index >= 15 is 0 Å². The summed E-state index contributed by atoms with van der Waals surface area (Å²) in [7, 11) is 1.67. The van der Waals surface area contributed by atoms with Gasteiger partial charge in [-0.1, -0.05) is 56.4 Å². The first-order chi connectivity index (χ1) is 13.3. The van der Waals surface area contributed by atoms with Crippen LogP contribution in [0.4, 0.5) is 5.69 Å². The molecule has 3 aromatic rings. The molecule has 1 aromatic heterocycles. The monoisotopic (exact) mass is 364 g/mol. The maximum absolute atomic E-state index is 5.24. The quantitative estimate of drug-likeness (QED) is 0.275. The van der Waals surface area contributed by atoms with E-state index in [1.54, 1.807) is 7.11 Å². The van der Waals surface area contributed by atoms with Gasteiger partial charge >= 0.3 is 0 Å². The number of rotatable bonds is 9. The van der Waals surface area contributed by atoms with Gasteiger partial charge in [-0.05, 0) is 42.8 Å². The standard InChI is InChI=1S/C22H28N4O/c1-3-4-5-6-7-8-13-22(23-18-14-16-19(27-2)17-15-18)26-21-12-10-9-11-20(21)24-25-26/h9-12,14-17H,3-8,13H2,1-2H3. The number of unbranched alkanes of at least 4 members (excludes halogenated alkanes) is 5. The number of hydrogen-bond acceptors (Lipinski definition) is 4.